The minimum absolute atomic E-state index is 0.0144. The van der Waals surface area contributed by atoms with Crippen LogP contribution in [-0.4, -0.2) is 16.6 Å². The lowest BCUT2D eigenvalue weighted by Crippen LogP contribution is -2.36. The maximum Gasteiger partial charge on any atom is 0.273 e. The number of hydrogen-bond donors (Lipinski definition) is 2. The Morgan fingerprint density at radius 2 is 1.86 bits per heavy atom. The maximum absolute atomic E-state index is 13.7. The van der Waals surface area contributed by atoms with E-state index in [0.29, 0.717) is 5.56 Å². The van der Waals surface area contributed by atoms with Gasteiger partial charge >= 0.3 is 0 Å². The summed E-state index contributed by atoms with van der Waals surface area (Å²) in [5.41, 5.74) is -0.697. The van der Waals surface area contributed by atoms with E-state index in [4.69, 9.17) is 0 Å². The van der Waals surface area contributed by atoms with Gasteiger partial charge in [0.25, 0.3) is 5.69 Å². The van der Waals surface area contributed by atoms with Crippen molar-refractivity contribution in [2.24, 2.45) is 0 Å². The van der Waals surface area contributed by atoms with Crippen LogP contribution in [0.3, 0.4) is 0 Å². The second-order valence-electron chi connectivity index (χ2n) is 5.24. The highest BCUT2D eigenvalue weighted by molar-refractivity contribution is 5.39. The summed E-state index contributed by atoms with van der Waals surface area (Å²) < 4.78 is 13.7. The number of para-hydroxylation sites is 1. The molecule has 0 aliphatic heterocycles. The fourth-order valence-corrected chi connectivity index (χ4v) is 2.27. The Morgan fingerprint density at radius 1 is 1.23 bits per heavy atom. The lowest BCUT2D eigenvalue weighted by atomic mass is 9.95. The van der Waals surface area contributed by atoms with Crippen LogP contribution in [-0.2, 0) is 12.1 Å². The highest BCUT2D eigenvalue weighted by Crippen LogP contribution is 2.23. The number of aliphatic hydroxyl groups is 1. The second kappa shape index (κ2) is 6.64. The molecule has 0 radical (unpaired) electrons. The predicted octanol–water partition coefficient (Wildman–Crippen LogP) is 2.73. The Morgan fingerprint density at radius 3 is 2.55 bits per heavy atom. The van der Waals surface area contributed by atoms with Gasteiger partial charge in [0.15, 0.2) is 0 Å². The molecule has 0 saturated carbocycles. The van der Waals surface area contributed by atoms with Gasteiger partial charge in [0, 0.05) is 30.3 Å². The molecule has 6 heteroatoms. The summed E-state index contributed by atoms with van der Waals surface area (Å²) in [4.78, 5) is 10.5. The van der Waals surface area contributed by atoms with E-state index in [1.807, 2.05) is 0 Å². The molecule has 2 N–H and O–H groups in total. The van der Waals surface area contributed by atoms with Crippen molar-refractivity contribution in [3.05, 3.63) is 75.6 Å². The molecular weight excluding hydrogens is 287 g/mol. The Labute approximate surface area is 127 Å². The Hall–Kier alpha value is -2.31. The number of nitrogens with zero attached hydrogens (tertiary/aromatic N) is 1. The quantitative estimate of drug-likeness (QED) is 0.635. The van der Waals surface area contributed by atoms with Crippen LogP contribution in [0, 0.1) is 15.9 Å². The van der Waals surface area contributed by atoms with Crippen molar-refractivity contribution in [2.75, 3.05) is 6.54 Å². The van der Waals surface area contributed by atoms with Gasteiger partial charge in [-0.25, -0.2) is 4.39 Å². The molecule has 0 heterocycles. The number of nitrogens with one attached hydrogen (secondary N) is 1. The van der Waals surface area contributed by atoms with Crippen molar-refractivity contribution < 1.29 is 14.4 Å². The van der Waals surface area contributed by atoms with E-state index in [2.05, 4.69) is 5.32 Å². The monoisotopic (exact) mass is 304 g/mol. The first-order chi connectivity index (χ1) is 10.4. The Bertz CT molecular complexity index is 674. The maximum atomic E-state index is 13.7. The largest absolute Gasteiger partial charge is 0.384 e. The van der Waals surface area contributed by atoms with Gasteiger partial charge < -0.3 is 10.4 Å². The molecule has 1 atom stereocenters. The van der Waals surface area contributed by atoms with E-state index in [1.54, 1.807) is 30.3 Å². The summed E-state index contributed by atoms with van der Waals surface area (Å²) >= 11 is 0. The fraction of sp³-hybridized carbons (Fsp3) is 0.250. The first kappa shape index (κ1) is 16.1. The molecule has 0 fully saturated rings. The highest BCUT2D eigenvalue weighted by atomic mass is 19.1. The van der Waals surface area contributed by atoms with Crippen LogP contribution in [0.1, 0.15) is 18.1 Å². The molecule has 22 heavy (non-hydrogen) atoms. The Balaban J connectivity index is 2.05. The molecule has 5 nitrogen and oxygen atoms in total. The molecule has 2 rings (SSSR count). The smallest absolute Gasteiger partial charge is 0.273 e. The fourth-order valence-electron chi connectivity index (χ4n) is 2.27. The van der Waals surface area contributed by atoms with E-state index >= 15 is 0 Å². The molecule has 0 aliphatic carbocycles. The van der Waals surface area contributed by atoms with Crippen molar-refractivity contribution in [3.63, 3.8) is 0 Å². The van der Waals surface area contributed by atoms with Crippen LogP contribution < -0.4 is 5.32 Å². The zero-order chi connectivity index (χ0) is 16.2. The first-order valence-electron chi connectivity index (χ1n) is 6.82. The number of nitro groups is 1. The van der Waals surface area contributed by atoms with Gasteiger partial charge in [-0.3, -0.25) is 10.1 Å². The molecule has 2 aromatic carbocycles. The summed E-state index contributed by atoms with van der Waals surface area (Å²) in [6.07, 6.45) is 0. The van der Waals surface area contributed by atoms with E-state index in [-0.39, 0.29) is 24.3 Å². The van der Waals surface area contributed by atoms with Gasteiger partial charge in [0.2, 0.25) is 0 Å². The molecule has 116 valence electrons. The van der Waals surface area contributed by atoms with Crippen molar-refractivity contribution in [2.45, 2.75) is 19.1 Å². The van der Waals surface area contributed by atoms with Crippen LogP contribution in [0.4, 0.5) is 10.1 Å². The molecule has 0 aromatic heterocycles. The normalized spacial score (nSPS) is 13.6. The topological polar surface area (TPSA) is 75.4 Å². The highest BCUT2D eigenvalue weighted by Gasteiger charge is 2.26. The molecule has 0 bridgehead atoms. The summed E-state index contributed by atoms with van der Waals surface area (Å²) in [5.74, 6) is -0.486. The molecule has 0 spiro atoms. The van der Waals surface area contributed by atoms with Crippen LogP contribution in [0.25, 0.3) is 0 Å². The number of halogens is 1. The van der Waals surface area contributed by atoms with Crippen molar-refractivity contribution in [1.82, 2.24) is 5.32 Å². The molecule has 0 amide bonds. The standard InChI is InChI=1S/C16H17FN2O3/c1-16(20,13-7-3-4-8-14(13)17)11-18-10-12-6-2-5-9-15(12)19(21)22/h2-9,18,20H,10-11H2,1H3. The molecule has 1 unspecified atom stereocenters. The van der Waals surface area contributed by atoms with Gasteiger partial charge in [-0.1, -0.05) is 36.4 Å². The zero-order valence-electron chi connectivity index (χ0n) is 12.1. The van der Waals surface area contributed by atoms with Crippen LogP contribution in [0.2, 0.25) is 0 Å². The van der Waals surface area contributed by atoms with Gasteiger partial charge in [0.1, 0.15) is 11.4 Å². The van der Waals surface area contributed by atoms with E-state index in [0.717, 1.165) is 0 Å². The van der Waals surface area contributed by atoms with Crippen molar-refractivity contribution in [3.8, 4) is 0 Å². The summed E-state index contributed by atoms with van der Waals surface area (Å²) in [7, 11) is 0. The minimum Gasteiger partial charge on any atom is -0.384 e. The number of rotatable bonds is 6. The lowest BCUT2D eigenvalue weighted by Gasteiger charge is -2.24. The SMILES string of the molecule is CC(O)(CNCc1ccccc1[N+](=O)[O-])c1ccccc1F. The zero-order valence-corrected chi connectivity index (χ0v) is 12.1. The van der Waals surface area contributed by atoms with Crippen LogP contribution in [0.5, 0.6) is 0 Å². The third-order valence-corrected chi connectivity index (χ3v) is 3.43. The number of benzene rings is 2. The number of nitro benzene ring substituents is 1. The van der Waals surface area contributed by atoms with Gasteiger partial charge in [-0.05, 0) is 13.0 Å². The molecule has 2 aromatic rings. The van der Waals surface area contributed by atoms with Crippen molar-refractivity contribution >= 4 is 5.69 Å². The first-order valence-corrected chi connectivity index (χ1v) is 6.82. The molecular formula is C16H17FN2O3. The third kappa shape index (κ3) is 3.66. The van der Waals surface area contributed by atoms with Crippen LogP contribution >= 0.6 is 0 Å². The van der Waals surface area contributed by atoms with Gasteiger partial charge in [-0.2, -0.15) is 0 Å². The van der Waals surface area contributed by atoms with Crippen molar-refractivity contribution in [1.29, 1.82) is 0 Å². The predicted molar refractivity (Wildman–Crippen MR) is 80.8 cm³/mol. The third-order valence-electron chi connectivity index (χ3n) is 3.43. The second-order valence-corrected chi connectivity index (χ2v) is 5.24. The minimum atomic E-state index is -1.41. The average Bonchev–Trinajstić information content (AvgIpc) is 2.47. The molecule has 0 aliphatic rings. The molecule has 0 saturated heterocycles. The average molecular weight is 304 g/mol. The van der Waals surface area contributed by atoms with Crippen LogP contribution in [0.15, 0.2) is 48.5 Å². The van der Waals surface area contributed by atoms with E-state index < -0.39 is 16.3 Å². The number of hydrogen-bond acceptors (Lipinski definition) is 4. The summed E-state index contributed by atoms with van der Waals surface area (Å²) in [5, 5.41) is 24.3. The Kier molecular flexibility index (Phi) is 4.85. The summed E-state index contributed by atoms with van der Waals surface area (Å²) in [6.45, 7) is 1.78. The summed E-state index contributed by atoms with van der Waals surface area (Å²) in [6, 6.07) is 12.4. The van der Waals surface area contributed by atoms with E-state index in [1.165, 1.54) is 25.1 Å². The van der Waals surface area contributed by atoms with E-state index in [9.17, 15) is 19.6 Å². The van der Waals surface area contributed by atoms with Gasteiger partial charge in [0.05, 0.1) is 4.92 Å². The van der Waals surface area contributed by atoms with Gasteiger partial charge in [-0.15, -0.1) is 0 Å². The lowest BCUT2D eigenvalue weighted by molar-refractivity contribution is -0.385.